The summed E-state index contributed by atoms with van der Waals surface area (Å²) < 4.78 is 44.8. The first kappa shape index (κ1) is 19.8. The van der Waals surface area contributed by atoms with E-state index in [4.69, 9.17) is 4.74 Å². The molecule has 1 aromatic heterocycles. The largest absolute Gasteiger partial charge is 0.391 e. The fraction of sp³-hybridized carbons (Fsp3) is 0.632. The number of ether oxygens (including phenoxy) is 1. The maximum absolute atomic E-state index is 13.0. The molecule has 1 aromatic carbocycles. The van der Waals surface area contributed by atoms with Gasteiger partial charge >= 0.3 is 6.18 Å². The van der Waals surface area contributed by atoms with Crippen LogP contribution < -0.4 is 0 Å². The van der Waals surface area contributed by atoms with Crippen LogP contribution in [-0.4, -0.2) is 33.4 Å². The van der Waals surface area contributed by atoms with Gasteiger partial charge in [-0.2, -0.15) is 18.4 Å². The molecule has 0 amide bonds. The van der Waals surface area contributed by atoms with Crippen molar-refractivity contribution in [1.82, 2.24) is 20.6 Å². The molecule has 1 saturated carbocycles. The van der Waals surface area contributed by atoms with Gasteiger partial charge in [0.1, 0.15) is 0 Å². The zero-order valence-electron chi connectivity index (χ0n) is 15.6. The summed E-state index contributed by atoms with van der Waals surface area (Å²) in [5.41, 5.74) is 2.76. The second-order valence-electron chi connectivity index (χ2n) is 7.62. The highest BCUT2D eigenvalue weighted by atomic mass is 19.4. The average molecular weight is 382 g/mol. The van der Waals surface area contributed by atoms with Gasteiger partial charge in [0.05, 0.1) is 12.5 Å². The molecule has 0 spiro atoms. The van der Waals surface area contributed by atoms with E-state index in [-0.39, 0.29) is 18.8 Å². The number of alkyl halides is 3. The lowest BCUT2D eigenvalue weighted by molar-refractivity contribution is -0.182. The molecule has 2 aromatic rings. The molecule has 0 saturated heterocycles. The summed E-state index contributed by atoms with van der Waals surface area (Å²) in [7, 11) is 0. The first-order chi connectivity index (χ1) is 12.9. The molecule has 1 aliphatic carbocycles. The van der Waals surface area contributed by atoms with Crippen LogP contribution >= 0.6 is 0 Å². The van der Waals surface area contributed by atoms with Gasteiger partial charge in [0.2, 0.25) is 5.82 Å². The quantitative estimate of drug-likeness (QED) is 0.774. The van der Waals surface area contributed by atoms with Crippen LogP contribution in [-0.2, 0) is 11.3 Å². The number of hydrogen-bond acceptors (Lipinski definition) is 4. The van der Waals surface area contributed by atoms with Crippen molar-refractivity contribution in [3.63, 3.8) is 0 Å². The number of aromatic amines is 1. The van der Waals surface area contributed by atoms with E-state index in [1.165, 1.54) is 0 Å². The second-order valence-corrected chi connectivity index (χ2v) is 7.62. The number of halogens is 3. The predicted octanol–water partition coefficient (Wildman–Crippen LogP) is 4.88. The lowest BCUT2D eigenvalue weighted by atomic mass is 9.76. The van der Waals surface area contributed by atoms with Gasteiger partial charge in [0.25, 0.3) is 0 Å². The minimum absolute atomic E-state index is 0.0575. The maximum Gasteiger partial charge on any atom is 0.391 e. The smallest absolute Gasteiger partial charge is 0.376 e. The van der Waals surface area contributed by atoms with Crippen molar-refractivity contribution in [3.8, 4) is 11.4 Å². The van der Waals surface area contributed by atoms with Crippen molar-refractivity contribution < 1.29 is 17.9 Å². The molecule has 0 atom stereocenters. The van der Waals surface area contributed by atoms with Crippen molar-refractivity contribution in [2.24, 2.45) is 11.8 Å². The molecular weight excluding hydrogens is 357 g/mol. The van der Waals surface area contributed by atoms with E-state index in [0.29, 0.717) is 37.8 Å². The highest BCUT2D eigenvalue weighted by Crippen LogP contribution is 2.45. The summed E-state index contributed by atoms with van der Waals surface area (Å²) >= 11 is 0. The lowest BCUT2D eigenvalue weighted by Gasteiger charge is -2.31. The van der Waals surface area contributed by atoms with Crippen LogP contribution in [0.2, 0.25) is 0 Å². The van der Waals surface area contributed by atoms with Crippen molar-refractivity contribution in [3.05, 3.63) is 29.3 Å². The van der Waals surface area contributed by atoms with Gasteiger partial charge in [-0.25, -0.2) is 0 Å². The van der Waals surface area contributed by atoms with Crippen molar-refractivity contribution in [2.75, 3.05) is 6.61 Å². The third-order valence-corrected chi connectivity index (χ3v) is 5.09. The van der Waals surface area contributed by atoms with E-state index in [1.54, 1.807) is 0 Å². The van der Waals surface area contributed by atoms with Crippen molar-refractivity contribution in [1.29, 1.82) is 0 Å². The summed E-state index contributed by atoms with van der Waals surface area (Å²) in [5.74, 6) is -0.256. The zero-order valence-corrected chi connectivity index (χ0v) is 15.6. The fourth-order valence-corrected chi connectivity index (χ4v) is 3.76. The average Bonchev–Trinajstić information content (AvgIpc) is 3.15. The van der Waals surface area contributed by atoms with Gasteiger partial charge in [-0.05, 0) is 53.9 Å². The molecule has 1 aliphatic rings. The second kappa shape index (κ2) is 8.37. The molecule has 148 valence electrons. The molecule has 0 bridgehead atoms. The number of aromatic nitrogens is 4. The van der Waals surface area contributed by atoms with E-state index in [2.05, 4.69) is 34.5 Å². The minimum atomic E-state index is -4.10. The predicted molar refractivity (Wildman–Crippen MR) is 94.9 cm³/mol. The Morgan fingerprint density at radius 3 is 2.52 bits per heavy atom. The summed E-state index contributed by atoms with van der Waals surface area (Å²) in [6.45, 7) is 5.20. The monoisotopic (exact) mass is 382 g/mol. The van der Waals surface area contributed by atoms with Crippen LogP contribution in [0.1, 0.15) is 56.6 Å². The van der Waals surface area contributed by atoms with E-state index in [9.17, 15) is 13.2 Å². The van der Waals surface area contributed by atoms with Crippen LogP contribution in [0.15, 0.2) is 18.2 Å². The molecule has 27 heavy (non-hydrogen) atoms. The maximum atomic E-state index is 13.0. The van der Waals surface area contributed by atoms with Crippen molar-refractivity contribution in [2.45, 2.75) is 58.2 Å². The number of nitrogens with one attached hydrogen (secondary N) is 1. The Bertz CT molecular complexity index is 723. The molecule has 5 nitrogen and oxygen atoms in total. The third-order valence-electron chi connectivity index (χ3n) is 5.09. The minimum Gasteiger partial charge on any atom is -0.376 e. The van der Waals surface area contributed by atoms with Crippen LogP contribution in [0.25, 0.3) is 11.4 Å². The highest BCUT2D eigenvalue weighted by molar-refractivity contribution is 5.65. The molecule has 3 rings (SSSR count). The van der Waals surface area contributed by atoms with Crippen LogP contribution in [0, 0.1) is 11.8 Å². The first-order valence-electron chi connectivity index (χ1n) is 9.36. The van der Waals surface area contributed by atoms with Crippen LogP contribution in [0.4, 0.5) is 13.2 Å². The Balaban J connectivity index is 1.85. The number of H-pyrrole nitrogens is 1. The first-order valence-corrected chi connectivity index (χ1v) is 9.36. The SMILES string of the molecule is CC(C)COCc1cccc(C2CCC(C(F)(F)F)CC2)c1-c1nn[nH]n1. The molecule has 1 heterocycles. The summed E-state index contributed by atoms with van der Waals surface area (Å²) in [6.07, 6.45) is -2.77. The highest BCUT2D eigenvalue weighted by Gasteiger charge is 2.42. The number of tetrazole rings is 1. The molecule has 0 unspecified atom stereocenters. The van der Waals surface area contributed by atoms with Crippen LogP contribution in [0.3, 0.4) is 0 Å². The summed E-state index contributed by atoms with van der Waals surface area (Å²) in [4.78, 5) is 0. The molecule has 0 aliphatic heterocycles. The number of rotatable bonds is 6. The zero-order chi connectivity index (χ0) is 19.4. The normalized spacial score (nSPS) is 21.0. The Morgan fingerprint density at radius 2 is 1.93 bits per heavy atom. The molecule has 8 heteroatoms. The lowest BCUT2D eigenvalue weighted by Crippen LogP contribution is -2.27. The van der Waals surface area contributed by atoms with Gasteiger partial charge in [-0.3, -0.25) is 0 Å². The number of benzene rings is 1. The van der Waals surface area contributed by atoms with E-state index < -0.39 is 12.1 Å². The molecule has 1 N–H and O–H groups in total. The van der Waals surface area contributed by atoms with E-state index >= 15 is 0 Å². The van der Waals surface area contributed by atoms with Gasteiger partial charge in [-0.15, -0.1) is 10.2 Å². The molecule has 1 fully saturated rings. The van der Waals surface area contributed by atoms with Gasteiger partial charge in [0, 0.05) is 12.2 Å². The number of hydrogen-bond donors (Lipinski definition) is 1. The third kappa shape index (κ3) is 4.86. The molecular formula is C19H25F3N4O. The Labute approximate surface area is 156 Å². The Hall–Kier alpha value is -1.96. The summed E-state index contributed by atoms with van der Waals surface area (Å²) in [5, 5.41) is 14.4. The Kier molecular flexibility index (Phi) is 6.14. The van der Waals surface area contributed by atoms with Crippen molar-refractivity contribution >= 4 is 0 Å². The topological polar surface area (TPSA) is 63.7 Å². The number of nitrogens with zero attached hydrogens (tertiary/aromatic N) is 3. The van der Waals surface area contributed by atoms with E-state index in [1.807, 2.05) is 18.2 Å². The van der Waals surface area contributed by atoms with E-state index in [0.717, 1.165) is 16.7 Å². The fourth-order valence-electron chi connectivity index (χ4n) is 3.76. The van der Waals surface area contributed by atoms with Gasteiger partial charge in [0.15, 0.2) is 0 Å². The molecule has 0 radical (unpaired) electrons. The van der Waals surface area contributed by atoms with Gasteiger partial charge in [-0.1, -0.05) is 32.0 Å². The van der Waals surface area contributed by atoms with Gasteiger partial charge < -0.3 is 4.74 Å². The standard InChI is InChI=1S/C19H25F3N4O/c1-12(2)10-27-11-14-4-3-5-16(17(14)18-23-25-26-24-18)13-6-8-15(9-7-13)19(20,21)22/h3-5,12-13,15H,6-11H2,1-2H3,(H,23,24,25,26). The summed E-state index contributed by atoms with van der Waals surface area (Å²) in [6, 6.07) is 5.86. The Morgan fingerprint density at radius 1 is 1.19 bits per heavy atom. The van der Waals surface area contributed by atoms with Crippen LogP contribution in [0.5, 0.6) is 0 Å².